The fraction of sp³-hybridized carbons (Fsp3) is 0.923. The minimum Gasteiger partial charge on any atom is -0.481 e. The molecule has 17 heavy (non-hydrogen) atoms. The molecule has 4 heteroatoms. The summed E-state index contributed by atoms with van der Waals surface area (Å²) in [5.41, 5.74) is -0.656. The number of aliphatic carboxylic acids is 1. The van der Waals surface area contributed by atoms with Gasteiger partial charge in [-0.1, -0.05) is 6.92 Å². The summed E-state index contributed by atoms with van der Waals surface area (Å²) in [6.45, 7) is 9.64. The highest BCUT2D eigenvalue weighted by Crippen LogP contribution is 2.21. The predicted octanol–water partition coefficient (Wildman–Crippen LogP) is 1.51. The molecule has 4 nitrogen and oxygen atoms in total. The van der Waals surface area contributed by atoms with Gasteiger partial charge in [0, 0.05) is 19.1 Å². The van der Waals surface area contributed by atoms with Crippen LogP contribution in [0.4, 0.5) is 0 Å². The number of carboxylic acids is 1. The summed E-state index contributed by atoms with van der Waals surface area (Å²) in [6.07, 6.45) is 2.21. The van der Waals surface area contributed by atoms with Crippen LogP contribution in [0.25, 0.3) is 0 Å². The van der Waals surface area contributed by atoms with Crippen molar-refractivity contribution in [1.82, 2.24) is 9.80 Å². The fourth-order valence-electron chi connectivity index (χ4n) is 2.46. The van der Waals surface area contributed by atoms with Crippen molar-refractivity contribution in [2.75, 3.05) is 33.2 Å². The van der Waals surface area contributed by atoms with Crippen molar-refractivity contribution >= 4 is 5.97 Å². The first-order valence-electron chi connectivity index (χ1n) is 6.53. The number of rotatable bonds is 4. The van der Waals surface area contributed by atoms with Gasteiger partial charge in [-0.15, -0.1) is 0 Å². The Balaban J connectivity index is 2.69. The van der Waals surface area contributed by atoms with Gasteiger partial charge in [-0.05, 0) is 46.8 Å². The molecule has 1 saturated heterocycles. The minimum absolute atomic E-state index is 0.487. The van der Waals surface area contributed by atoms with Gasteiger partial charge in [-0.25, -0.2) is 0 Å². The Labute approximate surface area is 105 Å². The molecule has 1 aliphatic rings. The van der Waals surface area contributed by atoms with Crippen LogP contribution in [0.2, 0.25) is 0 Å². The molecular weight excluding hydrogens is 216 g/mol. The molecule has 1 aliphatic heterocycles. The first-order valence-corrected chi connectivity index (χ1v) is 6.53. The summed E-state index contributed by atoms with van der Waals surface area (Å²) in [6, 6.07) is 0.487. The van der Waals surface area contributed by atoms with E-state index in [1.54, 1.807) is 0 Å². The summed E-state index contributed by atoms with van der Waals surface area (Å²) in [4.78, 5) is 15.9. The van der Waals surface area contributed by atoms with Gasteiger partial charge in [-0.3, -0.25) is 9.69 Å². The van der Waals surface area contributed by atoms with Gasteiger partial charge in [0.1, 0.15) is 0 Å². The Hall–Kier alpha value is -0.610. The molecule has 0 bridgehead atoms. The molecule has 1 rings (SSSR count). The number of likely N-dealkylation sites (N-methyl/N-ethyl adjacent to an activating group) is 1. The van der Waals surface area contributed by atoms with E-state index in [1.165, 1.54) is 0 Å². The SMILES string of the molecule is CCC1CN(C)CCCN1CC(C)(C)C(=O)O. The number of nitrogens with zero attached hydrogens (tertiary/aromatic N) is 2. The maximum atomic E-state index is 11.2. The lowest BCUT2D eigenvalue weighted by Crippen LogP contribution is -2.46. The Morgan fingerprint density at radius 3 is 2.59 bits per heavy atom. The third-order valence-corrected chi connectivity index (χ3v) is 3.67. The molecule has 1 atom stereocenters. The lowest BCUT2D eigenvalue weighted by Gasteiger charge is -2.34. The molecule has 1 fully saturated rings. The molecule has 1 unspecified atom stereocenters. The van der Waals surface area contributed by atoms with E-state index < -0.39 is 11.4 Å². The molecule has 0 amide bonds. The highest BCUT2D eigenvalue weighted by atomic mass is 16.4. The molecule has 0 aromatic rings. The quantitative estimate of drug-likeness (QED) is 0.811. The molecule has 0 saturated carbocycles. The van der Waals surface area contributed by atoms with Crippen LogP contribution in [0.1, 0.15) is 33.6 Å². The van der Waals surface area contributed by atoms with Crippen molar-refractivity contribution in [3.63, 3.8) is 0 Å². The van der Waals surface area contributed by atoms with E-state index in [9.17, 15) is 9.90 Å². The van der Waals surface area contributed by atoms with Crippen LogP contribution >= 0.6 is 0 Å². The first kappa shape index (κ1) is 14.5. The van der Waals surface area contributed by atoms with E-state index in [0.717, 1.165) is 32.5 Å². The zero-order valence-corrected chi connectivity index (χ0v) is 11.6. The average molecular weight is 242 g/mol. The lowest BCUT2D eigenvalue weighted by molar-refractivity contribution is -0.148. The van der Waals surface area contributed by atoms with Gasteiger partial charge in [0.05, 0.1) is 5.41 Å². The summed E-state index contributed by atoms with van der Waals surface area (Å²) < 4.78 is 0. The molecule has 0 aliphatic carbocycles. The van der Waals surface area contributed by atoms with E-state index in [1.807, 2.05) is 13.8 Å². The Kier molecular flexibility index (Phi) is 4.95. The summed E-state index contributed by atoms with van der Waals surface area (Å²) in [7, 11) is 2.15. The molecule has 0 aromatic heterocycles. The molecule has 1 heterocycles. The summed E-state index contributed by atoms with van der Waals surface area (Å²) >= 11 is 0. The third-order valence-electron chi connectivity index (χ3n) is 3.67. The second-order valence-corrected chi connectivity index (χ2v) is 5.84. The van der Waals surface area contributed by atoms with Crippen molar-refractivity contribution in [2.45, 2.75) is 39.7 Å². The second-order valence-electron chi connectivity index (χ2n) is 5.84. The zero-order chi connectivity index (χ0) is 13.1. The van der Waals surface area contributed by atoms with Crippen LogP contribution < -0.4 is 0 Å². The predicted molar refractivity (Wildman–Crippen MR) is 69.2 cm³/mol. The Bertz CT molecular complexity index is 266. The van der Waals surface area contributed by atoms with Crippen LogP contribution in [0.15, 0.2) is 0 Å². The Morgan fingerprint density at radius 2 is 2.06 bits per heavy atom. The summed E-state index contributed by atoms with van der Waals surface area (Å²) in [5.74, 6) is -0.704. The number of hydrogen-bond acceptors (Lipinski definition) is 3. The van der Waals surface area contributed by atoms with Crippen LogP contribution in [0, 0.1) is 5.41 Å². The smallest absolute Gasteiger partial charge is 0.310 e. The monoisotopic (exact) mass is 242 g/mol. The molecule has 0 aromatic carbocycles. The number of carbonyl (C=O) groups is 1. The highest BCUT2D eigenvalue weighted by Gasteiger charge is 2.33. The van der Waals surface area contributed by atoms with Gasteiger partial charge in [0.2, 0.25) is 0 Å². The van der Waals surface area contributed by atoms with E-state index in [0.29, 0.717) is 12.6 Å². The molecule has 100 valence electrons. The van der Waals surface area contributed by atoms with E-state index >= 15 is 0 Å². The average Bonchev–Trinajstić information content (AvgIpc) is 2.39. The second kappa shape index (κ2) is 5.83. The van der Waals surface area contributed by atoms with E-state index in [2.05, 4.69) is 23.8 Å². The first-order chi connectivity index (χ1) is 7.86. The zero-order valence-electron chi connectivity index (χ0n) is 11.6. The largest absolute Gasteiger partial charge is 0.481 e. The standard InChI is InChI=1S/C13H26N2O2/c1-5-11-9-14(4)7-6-8-15(11)10-13(2,3)12(16)17/h11H,5-10H2,1-4H3,(H,16,17). The lowest BCUT2D eigenvalue weighted by atomic mass is 9.92. The minimum atomic E-state index is -0.704. The summed E-state index contributed by atoms with van der Waals surface area (Å²) in [5, 5.41) is 9.22. The van der Waals surface area contributed by atoms with Crippen molar-refractivity contribution in [1.29, 1.82) is 0 Å². The number of hydrogen-bond donors (Lipinski definition) is 1. The van der Waals surface area contributed by atoms with Crippen LogP contribution in [0.5, 0.6) is 0 Å². The molecule has 0 spiro atoms. The normalized spacial score (nSPS) is 24.6. The topological polar surface area (TPSA) is 43.8 Å². The maximum Gasteiger partial charge on any atom is 0.310 e. The number of carboxylic acid groups (broad SMARTS) is 1. The van der Waals surface area contributed by atoms with Gasteiger partial charge in [0.25, 0.3) is 0 Å². The van der Waals surface area contributed by atoms with Crippen molar-refractivity contribution in [3.05, 3.63) is 0 Å². The molecular formula is C13H26N2O2. The van der Waals surface area contributed by atoms with Crippen LogP contribution in [-0.4, -0.2) is 60.1 Å². The van der Waals surface area contributed by atoms with Gasteiger partial charge >= 0.3 is 5.97 Å². The van der Waals surface area contributed by atoms with Crippen molar-refractivity contribution in [3.8, 4) is 0 Å². The van der Waals surface area contributed by atoms with E-state index in [4.69, 9.17) is 0 Å². The van der Waals surface area contributed by atoms with Crippen LogP contribution in [-0.2, 0) is 4.79 Å². The van der Waals surface area contributed by atoms with Gasteiger partial charge in [0.15, 0.2) is 0 Å². The van der Waals surface area contributed by atoms with Crippen molar-refractivity contribution < 1.29 is 9.90 Å². The molecule has 1 N–H and O–H groups in total. The maximum absolute atomic E-state index is 11.2. The van der Waals surface area contributed by atoms with Gasteiger partial charge in [-0.2, -0.15) is 0 Å². The van der Waals surface area contributed by atoms with E-state index in [-0.39, 0.29) is 0 Å². The fourth-order valence-corrected chi connectivity index (χ4v) is 2.46. The van der Waals surface area contributed by atoms with Gasteiger partial charge < -0.3 is 10.0 Å². The highest BCUT2D eigenvalue weighted by molar-refractivity contribution is 5.73. The Morgan fingerprint density at radius 1 is 1.41 bits per heavy atom. The third kappa shape index (κ3) is 3.96. The van der Waals surface area contributed by atoms with Crippen LogP contribution in [0.3, 0.4) is 0 Å². The molecule has 0 radical (unpaired) electrons. The van der Waals surface area contributed by atoms with Crippen molar-refractivity contribution in [2.24, 2.45) is 5.41 Å².